The van der Waals surface area contributed by atoms with Crippen molar-refractivity contribution >= 4 is 40.1 Å². The molecule has 0 aromatic heterocycles. The number of hydrogen-bond donors (Lipinski definition) is 0. The number of halogens is 4. The van der Waals surface area contributed by atoms with Crippen LogP contribution in [0.2, 0.25) is 5.02 Å². The van der Waals surface area contributed by atoms with Crippen molar-refractivity contribution in [1.29, 1.82) is 0 Å². The number of benzene rings is 1. The van der Waals surface area contributed by atoms with Crippen molar-refractivity contribution in [1.82, 2.24) is 0 Å². The van der Waals surface area contributed by atoms with Crippen LogP contribution in [0.1, 0.15) is 18.9 Å². The molecule has 1 aliphatic rings. The van der Waals surface area contributed by atoms with E-state index in [9.17, 15) is 22.8 Å². The van der Waals surface area contributed by atoms with Crippen molar-refractivity contribution in [3.8, 4) is 0 Å². The first-order valence-electron chi connectivity index (χ1n) is 6.02. The molecular weight excluding hydrogens is 327 g/mol. The molecule has 1 fully saturated rings. The third kappa shape index (κ3) is 3.91. The Morgan fingerprint density at radius 2 is 2.05 bits per heavy atom. The topological polar surface area (TPSA) is 37.4 Å². The van der Waals surface area contributed by atoms with E-state index in [2.05, 4.69) is 0 Å². The Morgan fingerprint density at radius 1 is 1.38 bits per heavy atom. The molecule has 114 valence electrons. The molecule has 1 saturated heterocycles. The van der Waals surface area contributed by atoms with Gasteiger partial charge in [0, 0.05) is 35.8 Å². The van der Waals surface area contributed by atoms with Crippen LogP contribution < -0.4 is 4.90 Å². The molecule has 0 radical (unpaired) electrons. The first kappa shape index (κ1) is 16.2. The van der Waals surface area contributed by atoms with Gasteiger partial charge in [0.1, 0.15) is 0 Å². The van der Waals surface area contributed by atoms with Crippen LogP contribution >= 0.6 is 23.4 Å². The highest BCUT2D eigenvalue weighted by molar-refractivity contribution is 8.14. The maximum absolute atomic E-state index is 12.8. The summed E-state index contributed by atoms with van der Waals surface area (Å²) in [4.78, 5) is 24.2. The lowest BCUT2D eigenvalue weighted by Gasteiger charge is -2.18. The van der Waals surface area contributed by atoms with Crippen molar-refractivity contribution in [2.45, 2.75) is 24.8 Å². The molecule has 1 atom stereocenters. The Hall–Kier alpha value is -1.21. The number of alkyl halides is 3. The van der Waals surface area contributed by atoms with Gasteiger partial charge in [-0.1, -0.05) is 23.4 Å². The molecule has 1 heterocycles. The van der Waals surface area contributed by atoms with E-state index >= 15 is 0 Å². The first-order chi connectivity index (χ1) is 9.66. The third-order valence-electron chi connectivity index (χ3n) is 2.94. The van der Waals surface area contributed by atoms with Crippen molar-refractivity contribution in [2.24, 2.45) is 0 Å². The van der Waals surface area contributed by atoms with E-state index in [4.69, 9.17) is 11.6 Å². The fraction of sp³-hybridized carbons (Fsp3) is 0.385. The molecule has 3 nitrogen and oxygen atoms in total. The minimum Gasteiger partial charge on any atom is -0.311 e. The van der Waals surface area contributed by atoms with Crippen LogP contribution in [0, 0.1) is 0 Å². The van der Waals surface area contributed by atoms with Crippen LogP contribution in [-0.4, -0.2) is 22.8 Å². The molecule has 1 aliphatic heterocycles. The Morgan fingerprint density at radius 3 is 2.62 bits per heavy atom. The van der Waals surface area contributed by atoms with Crippen LogP contribution in [0.15, 0.2) is 18.2 Å². The van der Waals surface area contributed by atoms with Gasteiger partial charge in [0.2, 0.25) is 5.91 Å². The van der Waals surface area contributed by atoms with Gasteiger partial charge in [0.25, 0.3) is 0 Å². The molecule has 1 amide bonds. The lowest BCUT2D eigenvalue weighted by molar-refractivity contribution is -0.137. The second-order valence-corrected chi connectivity index (χ2v) is 6.55. The van der Waals surface area contributed by atoms with Crippen molar-refractivity contribution in [2.75, 3.05) is 11.4 Å². The molecular formula is C13H11ClF3NO2S. The second kappa shape index (κ2) is 5.88. The summed E-state index contributed by atoms with van der Waals surface area (Å²) in [5.41, 5.74) is -0.799. The van der Waals surface area contributed by atoms with Gasteiger partial charge in [-0.25, -0.2) is 0 Å². The number of carbonyl (C=O) groups excluding carboxylic acids is 2. The number of nitrogens with zero attached hydrogens (tertiary/aromatic N) is 1. The summed E-state index contributed by atoms with van der Waals surface area (Å²) < 4.78 is 38.3. The predicted molar refractivity (Wildman–Crippen MR) is 75.5 cm³/mol. The molecule has 0 aliphatic carbocycles. The van der Waals surface area contributed by atoms with E-state index in [1.54, 1.807) is 0 Å². The minimum atomic E-state index is -4.53. The van der Waals surface area contributed by atoms with Gasteiger partial charge in [0.15, 0.2) is 5.12 Å². The number of anilines is 1. The Labute approximate surface area is 128 Å². The van der Waals surface area contributed by atoms with Crippen LogP contribution in [0.25, 0.3) is 0 Å². The molecule has 8 heteroatoms. The molecule has 0 spiro atoms. The fourth-order valence-electron chi connectivity index (χ4n) is 2.13. The minimum absolute atomic E-state index is 0.0877. The largest absolute Gasteiger partial charge is 0.416 e. The van der Waals surface area contributed by atoms with Crippen molar-refractivity contribution < 1.29 is 22.8 Å². The molecule has 21 heavy (non-hydrogen) atoms. The van der Waals surface area contributed by atoms with Gasteiger partial charge in [-0.3, -0.25) is 9.59 Å². The molecule has 0 bridgehead atoms. The van der Waals surface area contributed by atoms with Gasteiger partial charge in [-0.05, 0) is 18.2 Å². The van der Waals surface area contributed by atoms with E-state index in [0.717, 1.165) is 23.9 Å². The van der Waals surface area contributed by atoms with E-state index in [0.29, 0.717) is 0 Å². The quantitative estimate of drug-likeness (QED) is 0.825. The average Bonchev–Trinajstić information content (AvgIpc) is 2.67. The highest BCUT2D eigenvalue weighted by Crippen LogP contribution is 2.36. The molecule has 1 aromatic carbocycles. The van der Waals surface area contributed by atoms with E-state index in [-0.39, 0.29) is 39.9 Å². The highest BCUT2D eigenvalue weighted by Gasteiger charge is 2.35. The fourth-order valence-corrected chi connectivity index (χ4v) is 3.28. The van der Waals surface area contributed by atoms with Crippen LogP contribution in [0.4, 0.5) is 18.9 Å². The zero-order chi connectivity index (χ0) is 15.8. The van der Waals surface area contributed by atoms with Crippen LogP contribution in [0.3, 0.4) is 0 Å². The summed E-state index contributed by atoms with van der Waals surface area (Å²) >= 11 is 6.73. The molecule has 2 rings (SSSR count). The molecule has 0 N–H and O–H groups in total. The summed E-state index contributed by atoms with van der Waals surface area (Å²) in [7, 11) is 0. The van der Waals surface area contributed by atoms with Crippen molar-refractivity contribution in [3.63, 3.8) is 0 Å². The Kier molecular flexibility index (Phi) is 4.53. The Balaban J connectivity index is 2.28. The van der Waals surface area contributed by atoms with Crippen molar-refractivity contribution in [3.05, 3.63) is 28.8 Å². The molecule has 1 unspecified atom stereocenters. The summed E-state index contributed by atoms with van der Waals surface area (Å²) in [6.45, 7) is 1.58. The van der Waals surface area contributed by atoms with Gasteiger partial charge in [0.05, 0.1) is 5.56 Å². The zero-order valence-electron chi connectivity index (χ0n) is 10.9. The second-order valence-electron chi connectivity index (χ2n) is 4.64. The number of thioether (sulfide) groups is 1. The first-order valence-corrected chi connectivity index (χ1v) is 7.28. The number of amides is 1. The summed E-state index contributed by atoms with van der Waals surface area (Å²) in [6.07, 6.45) is -4.41. The van der Waals surface area contributed by atoms with Gasteiger partial charge >= 0.3 is 6.18 Å². The summed E-state index contributed by atoms with van der Waals surface area (Å²) in [6, 6.07) is 3.02. The summed E-state index contributed by atoms with van der Waals surface area (Å²) in [5.74, 6) is -0.316. The van der Waals surface area contributed by atoms with E-state index < -0.39 is 11.7 Å². The van der Waals surface area contributed by atoms with Gasteiger partial charge < -0.3 is 4.90 Å². The number of carbonyl (C=O) groups is 2. The SMILES string of the molecule is CC(=O)SC1CC(=O)N(c2cc(Cl)cc(C(F)(F)F)c2)C1. The standard InChI is InChI=1S/C13H11ClF3NO2S/c1-7(19)21-11-5-12(20)18(6-11)10-3-8(13(15,16)17)2-9(14)4-10/h2-4,11H,5-6H2,1H3. The molecule has 0 saturated carbocycles. The highest BCUT2D eigenvalue weighted by atomic mass is 35.5. The van der Waals surface area contributed by atoms with Crippen LogP contribution in [0.5, 0.6) is 0 Å². The van der Waals surface area contributed by atoms with Crippen LogP contribution in [-0.2, 0) is 15.8 Å². The van der Waals surface area contributed by atoms with E-state index in [1.165, 1.54) is 17.9 Å². The zero-order valence-corrected chi connectivity index (χ0v) is 12.5. The van der Waals surface area contributed by atoms with E-state index in [1.807, 2.05) is 0 Å². The molecule has 1 aromatic rings. The third-order valence-corrected chi connectivity index (χ3v) is 4.14. The lowest BCUT2D eigenvalue weighted by Crippen LogP contribution is -2.25. The average molecular weight is 338 g/mol. The lowest BCUT2D eigenvalue weighted by atomic mass is 10.2. The predicted octanol–water partition coefficient (Wildman–Crippen LogP) is 3.74. The maximum Gasteiger partial charge on any atom is 0.416 e. The maximum atomic E-state index is 12.8. The summed E-state index contributed by atoms with van der Waals surface area (Å²) in [5, 5.41) is -0.463. The smallest absolute Gasteiger partial charge is 0.311 e. The monoisotopic (exact) mass is 337 g/mol. The Bertz CT molecular complexity index is 591. The van der Waals surface area contributed by atoms with Gasteiger partial charge in [-0.15, -0.1) is 0 Å². The van der Waals surface area contributed by atoms with Gasteiger partial charge in [-0.2, -0.15) is 13.2 Å². The normalized spacial score (nSPS) is 19.2. The number of hydrogen-bond acceptors (Lipinski definition) is 3. The number of rotatable bonds is 2.